The molecule has 0 aliphatic heterocycles. The van der Waals surface area contributed by atoms with Gasteiger partial charge in [-0.25, -0.2) is 0 Å². The van der Waals surface area contributed by atoms with Gasteiger partial charge in [0.15, 0.2) is 0 Å². The lowest BCUT2D eigenvalue weighted by atomic mass is 9.84. The van der Waals surface area contributed by atoms with Crippen LogP contribution in [0.3, 0.4) is 0 Å². The molecule has 1 aromatic carbocycles. The van der Waals surface area contributed by atoms with Gasteiger partial charge in [0.05, 0.1) is 0 Å². The molecule has 0 N–H and O–H groups in total. The number of rotatable bonds is 1. The van der Waals surface area contributed by atoms with Crippen molar-refractivity contribution in [1.82, 2.24) is 0 Å². The molecule has 1 aliphatic rings. The Morgan fingerprint density at radius 2 is 1.54 bits per heavy atom. The van der Waals surface area contributed by atoms with Crippen molar-refractivity contribution in [2.75, 3.05) is 0 Å². The predicted octanol–water partition coefficient (Wildman–Crippen LogP) is 4.50. The zero-order valence-corrected chi connectivity index (χ0v) is 9.39. The Bertz CT molecular complexity index is 257. The van der Waals surface area contributed by atoms with Crippen molar-refractivity contribution in [3.8, 4) is 0 Å². The zero-order valence-electron chi connectivity index (χ0n) is 7.80. The van der Waals surface area contributed by atoms with Crippen molar-refractivity contribution in [1.29, 1.82) is 0 Å². The Hall–Kier alpha value is -0.300. The second-order valence-corrected chi connectivity index (χ2v) is 4.80. The summed E-state index contributed by atoms with van der Waals surface area (Å²) in [6.07, 6.45) is 7.05. The van der Waals surface area contributed by atoms with Gasteiger partial charge < -0.3 is 0 Å². The molecule has 1 heteroatoms. The first kappa shape index (κ1) is 9.26. The lowest BCUT2D eigenvalue weighted by Crippen LogP contribution is -2.03. The van der Waals surface area contributed by atoms with Crippen LogP contribution in [0.5, 0.6) is 0 Å². The third kappa shape index (κ3) is 2.34. The van der Waals surface area contributed by atoms with Gasteiger partial charge in [0.25, 0.3) is 0 Å². The summed E-state index contributed by atoms with van der Waals surface area (Å²) in [5.74, 6) is 0.835. The molecule has 0 unspecified atom stereocenters. The maximum atomic E-state index is 3.47. The summed E-state index contributed by atoms with van der Waals surface area (Å²) in [5.41, 5.74) is 1.53. The summed E-state index contributed by atoms with van der Waals surface area (Å²) in [5, 5.41) is 0. The van der Waals surface area contributed by atoms with Crippen LogP contribution in [-0.4, -0.2) is 0 Å². The Labute approximate surface area is 88.5 Å². The largest absolute Gasteiger partial charge is 0.0576 e. The summed E-state index contributed by atoms with van der Waals surface area (Å²) in [6, 6.07) is 8.84. The molecule has 0 amide bonds. The van der Waals surface area contributed by atoms with Crippen molar-refractivity contribution >= 4 is 15.9 Å². The first-order chi connectivity index (χ1) is 6.36. The fourth-order valence-corrected chi connectivity index (χ4v) is 2.44. The highest BCUT2D eigenvalue weighted by atomic mass is 79.9. The van der Waals surface area contributed by atoms with Gasteiger partial charge in [0.2, 0.25) is 0 Å². The average Bonchev–Trinajstić information content (AvgIpc) is 2.20. The molecule has 70 valence electrons. The van der Waals surface area contributed by atoms with Gasteiger partial charge in [-0.05, 0) is 36.5 Å². The van der Waals surface area contributed by atoms with Gasteiger partial charge in [0.1, 0.15) is 0 Å². The van der Waals surface area contributed by atoms with Crippen LogP contribution in [0.1, 0.15) is 43.6 Å². The van der Waals surface area contributed by atoms with Gasteiger partial charge in [0, 0.05) is 4.47 Å². The first-order valence-electron chi connectivity index (χ1n) is 5.12. The van der Waals surface area contributed by atoms with Crippen LogP contribution in [-0.2, 0) is 0 Å². The summed E-state index contributed by atoms with van der Waals surface area (Å²) < 4.78 is 1.19. The molecule has 0 radical (unpaired) electrons. The monoisotopic (exact) mass is 238 g/mol. The lowest BCUT2D eigenvalue weighted by Gasteiger charge is -2.21. The van der Waals surface area contributed by atoms with Crippen LogP contribution in [0.25, 0.3) is 0 Å². The number of halogens is 1. The van der Waals surface area contributed by atoms with Gasteiger partial charge in [-0.1, -0.05) is 47.3 Å². The summed E-state index contributed by atoms with van der Waals surface area (Å²) in [6.45, 7) is 0. The Morgan fingerprint density at radius 3 is 2.15 bits per heavy atom. The van der Waals surface area contributed by atoms with E-state index in [9.17, 15) is 0 Å². The molecular weight excluding hydrogens is 224 g/mol. The molecule has 0 bridgehead atoms. The van der Waals surface area contributed by atoms with E-state index >= 15 is 0 Å². The molecular formula is C12H15Br. The minimum absolute atomic E-state index is 0.835. The maximum absolute atomic E-state index is 3.47. The third-order valence-corrected chi connectivity index (χ3v) is 3.48. The SMILES string of the molecule is Brc1ccc(C2CCCCC2)cc1. The highest BCUT2D eigenvalue weighted by Crippen LogP contribution is 2.32. The fraction of sp³-hybridized carbons (Fsp3) is 0.500. The minimum atomic E-state index is 0.835. The van der Waals surface area contributed by atoms with Crippen LogP contribution < -0.4 is 0 Å². The van der Waals surface area contributed by atoms with E-state index in [1.807, 2.05) is 0 Å². The van der Waals surface area contributed by atoms with Crippen molar-refractivity contribution in [2.45, 2.75) is 38.0 Å². The number of benzene rings is 1. The van der Waals surface area contributed by atoms with Gasteiger partial charge in [-0.3, -0.25) is 0 Å². The standard InChI is InChI=1S/C12H15Br/c13-12-8-6-11(7-9-12)10-4-2-1-3-5-10/h6-10H,1-5H2. The topological polar surface area (TPSA) is 0 Å². The lowest BCUT2D eigenvalue weighted by molar-refractivity contribution is 0.443. The van der Waals surface area contributed by atoms with Gasteiger partial charge in [-0.2, -0.15) is 0 Å². The quantitative estimate of drug-likeness (QED) is 0.677. The molecule has 1 aromatic rings. The van der Waals surface area contributed by atoms with Gasteiger partial charge in [-0.15, -0.1) is 0 Å². The van der Waals surface area contributed by atoms with E-state index in [0.717, 1.165) is 5.92 Å². The maximum Gasteiger partial charge on any atom is 0.0175 e. The smallest absolute Gasteiger partial charge is 0.0175 e. The van der Waals surface area contributed by atoms with Crippen molar-refractivity contribution in [2.24, 2.45) is 0 Å². The molecule has 0 aromatic heterocycles. The highest BCUT2D eigenvalue weighted by molar-refractivity contribution is 9.10. The molecule has 2 rings (SSSR count). The van der Waals surface area contributed by atoms with Crippen LogP contribution >= 0.6 is 15.9 Å². The van der Waals surface area contributed by atoms with E-state index in [2.05, 4.69) is 40.2 Å². The van der Waals surface area contributed by atoms with Crippen LogP contribution in [0.4, 0.5) is 0 Å². The Morgan fingerprint density at radius 1 is 0.923 bits per heavy atom. The van der Waals surface area contributed by atoms with E-state index in [1.165, 1.54) is 42.1 Å². The third-order valence-electron chi connectivity index (χ3n) is 2.95. The second kappa shape index (κ2) is 4.28. The van der Waals surface area contributed by atoms with Crippen LogP contribution in [0, 0.1) is 0 Å². The van der Waals surface area contributed by atoms with E-state index in [0.29, 0.717) is 0 Å². The molecule has 13 heavy (non-hydrogen) atoms. The van der Waals surface area contributed by atoms with E-state index in [1.54, 1.807) is 0 Å². The normalized spacial score (nSPS) is 18.8. The Kier molecular flexibility index (Phi) is 3.05. The van der Waals surface area contributed by atoms with E-state index in [-0.39, 0.29) is 0 Å². The molecule has 1 aliphatic carbocycles. The average molecular weight is 239 g/mol. The first-order valence-corrected chi connectivity index (χ1v) is 5.91. The predicted molar refractivity (Wildman–Crippen MR) is 60.0 cm³/mol. The van der Waals surface area contributed by atoms with Crippen molar-refractivity contribution < 1.29 is 0 Å². The fourth-order valence-electron chi connectivity index (χ4n) is 2.17. The summed E-state index contributed by atoms with van der Waals surface area (Å²) in [4.78, 5) is 0. The molecule has 0 nitrogen and oxygen atoms in total. The number of hydrogen-bond donors (Lipinski definition) is 0. The zero-order chi connectivity index (χ0) is 9.10. The van der Waals surface area contributed by atoms with E-state index < -0.39 is 0 Å². The molecule has 0 atom stereocenters. The van der Waals surface area contributed by atoms with Crippen LogP contribution in [0.15, 0.2) is 28.7 Å². The summed E-state index contributed by atoms with van der Waals surface area (Å²) in [7, 11) is 0. The van der Waals surface area contributed by atoms with Gasteiger partial charge >= 0.3 is 0 Å². The minimum Gasteiger partial charge on any atom is -0.0576 e. The molecule has 0 saturated heterocycles. The molecule has 0 spiro atoms. The number of hydrogen-bond acceptors (Lipinski definition) is 0. The molecule has 1 fully saturated rings. The highest BCUT2D eigenvalue weighted by Gasteiger charge is 2.14. The second-order valence-electron chi connectivity index (χ2n) is 3.89. The van der Waals surface area contributed by atoms with Crippen molar-refractivity contribution in [3.05, 3.63) is 34.3 Å². The molecule has 1 saturated carbocycles. The Balaban J connectivity index is 2.10. The summed E-state index contributed by atoms with van der Waals surface area (Å²) >= 11 is 3.47. The van der Waals surface area contributed by atoms with E-state index in [4.69, 9.17) is 0 Å². The van der Waals surface area contributed by atoms with Crippen LogP contribution in [0.2, 0.25) is 0 Å². The molecule has 0 heterocycles. The van der Waals surface area contributed by atoms with Crippen molar-refractivity contribution in [3.63, 3.8) is 0 Å².